The topological polar surface area (TPSA) is 0 Å². The minimum Gasteiger partial charge on any atom is -0.110 e. The molecule has 0 aromatic heterocycles. The lowest BCUT2D eigenvalue weighted by atomic mass is 9.72. The molecule has 0 saturated heterocycles. The Morgan fingerprint density at radius 3 is 1.31 bits per heavy atom. The fraction of sp³-hybridized carbons (Fsp3) is 0.750. The molecule has 0 nitrogen and oxygen atoms in total. The van der Waals surface area contributed by atoms with Crippen LogP contribution in [0.4, 0.5) is 0 Å². The number of rotatable bonds is 0. The summed E-state index contributed by atoms with van der Waals surface area (Å²) in [7, 11) is 0. The Bertz CT molecular complexity index is 219. The largest absolute Gasteiger partial charge is 0.110 e. The van der Waals surface area contributed by atoms with Crippen molar-refractivity contribution in [1.82, 2.24) is 0 Å². The van der Waals surface area contributed by atoms with E-state index >= 15 is 0 Å². The summed E-state index contributed by atoms with van der Waals surface area (Å²) in [5.74, 6) is 0. The average molecular weight is 245 g/mol. The van der Waals surface area contributed by atoms with Crippen molar-refractivity contribution in [3.8, 4) is 0 Å². The van der Waals surface area contributed by atoms with Crippen molar-refractivity contribution in [1.29, 1.82) is 0 Å². The molecule has 0 rings (SSSR count). The highest BCUT2D eigenvalue weighted by atomic mass is 79.9. The molecule has 13 heavy (non-hydrogen) atoms. The summed E-state index contributed by atoms with van der Waals surface area (Å²) >= 11 is 3.44. The van der Waals surface area contributed by atoms with Crippen molar-refractivity contribution >= 4 is 15.9 Å². The molecule has 0 bridgehead atoms. The van der Waals surface area contributed by atoms with Gasteiger partial charge in [-0.15, -0.1) is 5.73 Å². The summed E-state index contributed by atoms with van der Waals surface area (Å²) in [6.45, 7) is 15.4. The second-order valence-corrected chi connectivity index (χ2v) is 6.72. The Labute approximate surface area is 91.2 Å². The third kappa shape index (κ3) is 4.69. The number of allylic oxidation sites excluding steroid dienone is 1. The predicted octanol–water partition coefficient (Wildman–Crippen LogP) is 4.90. The van der Waals surface area contributed by atoms with E-state index in [9.17, 15) is 0 Å². The number of halogens is 1. The molecule has 0 saturated carbocycles. The van der Waals surface area contributed by atoms with E-state index in [4.69, 9.17) is 0 Å². The summed E-state index contributed by atoms with van der Waals surface area (Å²) < 4.78 is 1.08. The van der Waals surface area contributed by atoms with Gasteiger partial charge in [-0.1, -0.05) is 41.5 Å². The molecule has 0 fully saturated rings. The van der Waals surface area contributed by atoms with Crippen molar-refractivity contribution < 1.29 is 0 Å². The van der Waals surface area contributed by atoms with Crippen LogP contribution in [0.2, 0.25) is 0 Å². The molecule has 0 aliphatic carbocycles. The number of hydrogen-bond acceptors (Lipinski definition) is 0. The van der Waals surface area contributed by atoms with Gasteiger partial charge in [-0.05, 0) is 39.3 Å². The molecular formula is C12H21Br. The van der Waals surface area contributed by atoms with Crippen LogP contribution < -0.4 is 0 Å². The maximum Gasteiger partial charge on any atom is 0.0337 e. The molecule has 0 N–H and O–H groups in total. The first-order chi connectivity index (χ1) is 5.55. The van der Waals surface area contributed by atoms with E-state index in [0.717, 1.165) is 4.48 Å². The van der Waals surface area contributed by atoms with Crippen molar-refractivity contribution in [2.24, 2.45) is 10.8 Å². The molecule has 0 aromatic rings. The van der Waals surface area contributed by atoms with Crippen molar-refractivity contribution in [3.63, 3.8) is 0 Å². The minimum absolute atomic E-state index is 0.188. The van der Waals surface area contributed by atoms with Crippen molar-refractivity contribution in [2.45, 2.75) is 48.5 Å². The van der Waals surface area contributed by atoms with Gasteiger partial charge in [0.05, 0.1) is 0 Å². The Hall–Kier alpha value is -0.0000000000000000278. The Kier molecular flexibility index (Phi) is 4.02. The normalized spacial score (nSPS) is 12.3. The van der Waals surface area contributed by atoms with E-state index in [-0.39, 0.29) is 10.8 Å². The van der Waals surface area contributed by atoms with E-state index < -0.39 is 0 Å². The lowest BCUT2D eigenvalue weighted by Gasteiger charge is -2.32. The smallest absolute Gasteiger partial charge is 0.0337 e. The molecule has 0 heterocycles. The van der Waals surface area contributed by atoms with Gasteiger partial charge in [-0.25, -0.2) is 0 Å². The van der Waals surface area contributed by atoms with Crippen molar-refractivity contribution in [3.05, 3.63) is 15.8 Å². The van der Waals surface area contributed by atoms with E-state index in [1.165, 1.54) is 5.57 Å². The zero-order chi connectivity index (χ0) is 10.9. The van der Waals surface area contributed by atoms with E-state index in [2.05, 4.69) is 63.2 Å². The summed E-state index contributed by atoms with van der Waals surface area (Å²) in [6, 6.07) is 0. The first-order valence-corrected chi connectivity index (χ1v) is 5.48. The molecule has 0 unspecified atom stereocenters. The highest BCUT2D eigenvalue weighted by Gasteiger charge is 2.27. The lowest BCUT2D eigenvalue weighted by Crippen LogP contribution is -2.21. The fourth-order valence-corrected chi connectivity index (χ4v) is 1.87. The summed E-state index contributed by atoms with van der Waals surface area (Å²) in [5, 5.41) is 0. The van der Waals surface area contributed by atoms with Crippen LogP contribution in [0.3, 0.4) is 0 Å². The third-order valence-corrected chi connectivity index (χ3v) is 2.00. The average Bonchev–Trinajstić information content (AvgIpc) is 1.77. The molecule has 0 radical (unpaired) electrons. The lowest BCUT2D eigenvalue weighted by molar-refractivity contribution is 0.363. The van der Waals surface area contributed by atoms with Crippen LogP contribution in [0.15, 0.2) is 15.8 Å². The van der Waals surface area contributed by atoms with Gasteiger partial charge in [-0.3, -0.25) is 0 Å². The molecule has 1 heteroatoms. The van der Waals surface area contributed by atoms with Gasteiger partial charge in [0, 0.05) is 4.48 Å². The zero-order valence-corrected chi connectivity index (χ0v) is 11.5. The van der Waals surface area contributed by atoms with Gasteiger partial charge in [0.2, 0.25) is 0 Å². The monoisotopic (exact) mass is 244 g/mol. The maximum absolute atomic E-state index is 3.44. The van der Waals surface area contributed by atoms with Crippen LogP contribution in [0, 0.1) is 10.8 Å². The molecule has 0 spiro atoms. The molecule has 76 valence electrons. The highest BCUT2D eigenvalue weighted by molar-refractivity contribution is 9.11. The van der Waals surface area contributed by atoms with Gasteiger partial charge >= 0.3 is 0 Å². The minimum atomic E-state index is 0.188. The molecule has 0 aliphatic rings. The van der Waals surface area contributed by atoms with Gasteiger partial charge in [-0.2, -0.15) is 0 Å². The molecule has 0 atom stereocenters. The van der Waals surface area contributed by atoms with Crippen LogP contribution >= 0.6 is 15.9 Å². The van der Waals surface area contributed by atoms with E-state index in [0.29, 0.717) is 0 Å². The van der Waals surface area contributed by atoms with Crippen LogP contribution in [-0.4, -0.2) is 0 Å². The van der Waals surface area contributed by atoms with Crippen LogP contribution in [0.1, 0.15) is 48.5 Å². The summed E-state index contributed by atoms with van der Waals surface area (Å²) in [4.78, 5) is 0. The standard InChI is InChI=1S/C12H21Br/c1-9(13)8-10(11(2,3)4)12(5,6)7/h1-7H3. The van der Waals surface area contributed by atoms with Gasteiger partial charge in [0.25, 0.3) is 0 Å². The quantitative estimate of drug-likeness (QED) is 0.532. The third-order valence-electron chi connectivity index (χ3n) is 1.80. The Balaban J connectivity index is 5.41. The number of hydrogen-bond donors (Lipinski definition) is 0. The molecular weight excluding hydrogens is 224 g/mol. The molecule has 0 aromatic carbocycles. The summed E-state index contributed by atoms with van der Waals surface area (Å²) in [6.07, 6.45) is 0. The second kappa shape index (κ2) is 4.02. The molecule has 0 aliphatic heterocycles. The van der Waals surface area contributed by atoms with Crippen LogP contribution in [0.25, 0.3) is 0 Å². The van der Waals surface area contributed by atoms with Crippen molar-refractivity contribution in [2.75, 3.05) is 0 Å². The maximum atomic E-state index is 3.44. The van der Waals surface area contributed by atoms with Crippen LogP contribution in [0.5, 0.6) is 0 Å². The molecule has 0 amide bonds. The second-order valence-electron chi connectivity index (χ2n) is 5.53. The van der Waals surface area contributed by atoms with Gasteiger partial charge in [0.1, 0.15) is 0 Å². The van der Waals surface area contributed by atoms with E-state index in [1.807, 2.05) is 6.92 Å². The van der Waals surface area contributed by atoms with Gasteiger partial charge in [0.15, 0.2) is 0 Å². The first kappa shape index (κ1) is 13.0. The predicted molar refractivity (Wildman–Crippen MR) is 64.1 cm³/mol. The Morgan fingerprint density at radius 1 is 0.923 bits per heavy atom. The zero-order valence-electron chi connectivity index (χ0n) is 9.88. The van der Waals surface area contributed by atoms with Crippen LogP contribution in [-0.2, 0) is 0 Å². The first-order valence-electron chi connectivity index (χ1n) is 4.69. The van der Waals surface area contributed by atoms with Gasteiger partial charge < -0.3 is 0 Å². The fourth-order valence-electron chi connectivity index (χ4n) is 1.67. The SMILES string of the molecule is CC(Br)=C=C(C(C)(C)C)C(C)(C)C. The summed E-state index contributed by atoms with van der Waals surface area (Å²) in [5.41, 5.74) is 5.14. The van der Waals surface area contributed by atoms with E-state index in [1.54, 1.807) is 0 Å². The Morgan fingerprint density at radius 2 is 1.23 bits per heavy atom. The highest BCUT2D eigenvalue weighted by Crippen LogP contribution is 2.38.